The number of carbonyl (C=O) groups excluding carboxylic acids is 1. The zero-order chi connectivity index (χ0) is 14.5. The van der Waals surface area contributed by atoms with E-state index in [9.17, 15) is 4.79 Å². The van der Waals surface area contributed by atoms with E-state index in [1.54, 1.807) is 0 Å². The molecule has 2 rings (SSSR count). The molecule has 1 N–H and O–H groups in total. The van der Waals surface area contributed by atoms with E-state index in [1.807, 2.05) is 4.90 Å². The first kappa shape index (κ1) is 15.0. The molecular formula is C17H26N2O. The van der Waals surface area contributed by atoms with Gasteiger partial charge in [-0.3, -0.25) is 10.1 Å². The molecule has 0 spiro atoms. The Bertz CT molecular complexity index is 441. The molecule has 3 nitrogen and oxygen atoms in total. The third-order valence-electron chi connectivity index (χ3n) is 4.17. The van der Waals surface area contributed by atoms with E-state index in [-0.39, 0.29) is 12.1 Å². The number of unbranched alkanes of at least 4 members (excludes halogenated alkanes) is 1. The summed E-state index contributed by atoms with van der Waals surface area (Å²) in [5.74, 6) is 0.221. The lowest BCUT2D eigenvalue weighted by Gasteiger charge is -2.31. The maximum absolute atomic E-state index is 12.1. The van der Waals surface area contributed by atoms with Crippen LogP contribution >= 0.6 is 0 Å². The average Bonchev–Trinajstić information content (AvgIpc) is 2.86. The summed E-state index contributed by atoms with van der Waals surface area (Å²) >= 11 is 0. The first-order chi connectivity index (χ1) is 9.67. The smallest absolute Gasteiger partial charge is 0.238 e. The fraction of sp³-hybridized carbons (Fsp3) is 0.588. The minimum atomic E-state index is 0.0419. The average molecular weight is 274 g/mol. The van der Waals surface area contributed by atoms with E-state index in [4.69, 9.17) is 0 Å². The number of nitrogens with one attached hydrogen (secondary N) is 1. The third-order valence-corrected chi connectivity index (χ3v) is 4.17. The SMILES string of the molecule is CCCCC(C)N1C(=O)CNC1c1ccc(CC)cc1. The van der Waals surface area contributed by atoms with Crippen molar-refractivity contribution < 1.29 is 4.79 Å². The van der Waals surface area contributed by atoms with Crippen molar-refractivity contribution in [3.8, 4) is 0 Å². The van der Waals surface area contributed by atoms with Crippen LogP contribution in [0.1, 0.15) is 57.3 Å². The van der Waals surface area contributed by atoms with Gasteiger partial charge in [-0.15, -0.1) is 0 Å². The molecular weight excluding hydrogens is 248 g/mol. The monoisotopic (exact) mass is 274 g/mol. The van der Waals surface area contributed by atoms with Crippen molar-refractivity contribution in [3.05, 3.63) is 35.4 Å². The van der Waals surface area contributed by atoms with Gasteiger partial charge in [-0.05, 0) is 30.9 Å². The number of hydrogen-bond acceptors (Lipinski definition) is 2. The molecule has 1 amide bonds. The molecule has 1 aliphatic heterocycles. The van der Waals surface area contributed by atoms with Gasteiger partial charge in [-0.2, -0.15) is 0 Å². The Labute approximate surface area is 122 Å². The zero-order valence-electron chi connectivity index (χ0n) is 12.9. The fourth-order valence-electron chi connectivity index (χ4n) is 2.87. The molecule has 1 aliphatic rings. The number of aryl methyl sites for hydroxylation is 1. The second kappa shape index (κ2) is 6.89. The minimum Gasteiger partial charge on any atom is -0.319 e. The Morgan fingerprint density at radius 2 is 2.00 bits per heavy atom. The maximum Gasteiger partial charge on any atom is 0.238 e. The van der Waals surface area contributed by atoms with Crippen LogP contribution in [0, 0.1) is 0 Å². The Morgan fingerprint density at radius 1 is 1.30 bits per heavy atom. The van der Waals surface area contributed by atoms with Crippen molar-refractivity contribution in [3.63, 3.8) is 0 Å². The second-order valence-corrected chi connectivity index (χ2v) is 5.67. The van der Waals surface area contributed by atoms with E-state index in [0.717, 1.165) is 12.8 Å². The molecule has 1 aromatic carbocycles. The topological polar surface area (TPSA) is 32.3 Å². The zero-order valence-corrected chi connectivity index (χ0v) is 12.9. The molecule has 0 aromatic heterocycles. The van der Waals surface area contributed by atoms with Crippen LogP contribution in [0.25, 0.3) is 0 Å². The maximum atomic E-state index is 12.1. The Balaban J connectivity index is 2.13. The van der Waals surface area contributed by atoms with Gasteiger partial charge < -0.3 is 4.90 Å². The highest BCUT2D eigenvalue weighted by atomic mass is 16.2. The van der Waals surface area contributed by atoms with Crippen LogP contribution in [0.2, 0.25) is 0 Å². The summed E-state index contributed by atoms with van der Waals surface area (Å²) in [4.78, 5) is 14.2. The van der Waals surface area contributed by atoms with Gasteiger partial charge in [0.25, 0.3) is 0 Å². The van der Waals surface area contributed by atoms with Crippen molar-refractivity contribution in [2.24, 2.45) is 0 Å². The van der Waals surface area contributed by atoms with Crippen LogP contribution in [0.5, 0.6) is 0 Å². The number of nitrogens with zero attached hydrogens (tertiary/aromatic N) is 1. The number of carbonyl (C=O) groups is 1. The summed E-state index contributed by atoms with van der Waals surface area (Å²) in [6, 6.07) is 8.92. The predicted octanol–water partition coefficient (Wildman–Crippen LogP) is 3.26. The lowest BCUT2D eigenvalue weighted by molar-refractivity contribution is -0.130. The Kier molecular flexibility index (Phi) is 5.18. The minimum absolute atomic E-state index is 0.0419. The van der Waals surface area contributed by atoms with Crippen LogP contribution in [-0.2, 0) is 11.2 Å². The molecule has 20 heavy (non-hydrogen) atoms. The summed E-state index contributed by atoms with van der Waals surface area (Å²) in [6.07, 6.45) is 4.52. The normalized spacial score (nSPS) is 20.4. The highest BCUT2D eigenvalue weighted by Gasteiger charge is 2.34. The van der Waals surface area contributed by atoms with Gasteiger partial charge in [-0.1, -0.05) is 51.0 Å². The standard InChI is InChI=1S/C17H26N2O/c1-4-6-7-13(3)19-16(20)12-18-17(19)15-10-8-14(5-2)9-11-15/h8-11,13,17-18H,4-7,12H2,1-3H3. The Morgan fingerprint density at radius 3 is 2.60 bits per heavy atom. The predicted molar refractivity (Wildman–Crippen MR) is 82.4 cm³/mol. The quantitative estimate of drug-likeness (QED) is 0.863. The van der Waals surface area contributed by atoms with Crippen molar-refractivity contribution in [2.45, 2.75) is 58.7 Å². The van der Waals surface area contributed by atoms with E-state index >= 15 is 0 Å². The van der Waals surface area contributed by atoms with Crippen LogP contribution < -0.4 is 5.32 Å². The number of rotatable bonds is 6. The van der Waals surface area contributed by atoms with Gasteiger partial charge in [0.1, 0.15) is 6.17 Å². The van der Waals surface area contributed by atoms with Gasteiger partial charge in [0.15, 0.2) is 0 Å². The first-order valence-electron chi connectivity index (χ1n) is 7.80. The molecule has 1 fully saturated rings. The molecule has 0 saturated carbocycles. The molecule has 2 atom stereocenters. The number of hydrogen-bond donors (Lipinski definition) is 1. The lowest BCUT2D eigenvalue weighted by atomic mass is 10.1. The largest absolute Gasteiger partial charge is 0.319 e. The van der Waals surface area contributed by atoms with Crippen molar-refractivity contribution in [1.82, 2.24) is 10.2 Å². The number of benzene rings is 1. The molecule has 1 saturated heterocycles. The van der Waals surface area contributed by atoms with Gasteiger partial charge in [0.2, 0.25) is 5.91 Å². The molecule has 1 heterocycles. The summed E-state index contributed by atoms with van der Waals surface area (Å²) < 4.78 is 0. The Hall–Kier alpha value is -1.35. The third kappa shape index (κ3) is 3.21. The van der Waals surface area contributed by atoms with Crippen LogP contribution in [0.4, 0.5) is 0 Å². The second-order valence-electron chi connectivity index (χ2n) is 5.67. The van der Waals surface area contributed by atoms with E-state index in [2.05, 4.69) is 50.4 Å². The molecule has 0 aliphatic carbocycles. The van der Waals surface area contributed by atoms with Crippen molar-refractivity contribution in [1.29, 1.82) is 0 Å². The van der Waals surface area contributed by atoms with Gasteiger partial charge >= 0.3 is 0 Å². The molecule has 3 heteroatoms. The molecule has 2 unspecified atom stereocenters. The van der Waals surface area contributed by atoms with E-state index < -0.39 is 0 Å². The lowest BCUT2D eigenvalue weighted by Crippen LogP contribution is -2.37. The first-order valence-corrected chi connectivity index (χ1v) is 7.80. The van der Waals surface area contributed by atoms with E-state index in [1.165, 1.54) is 24.0 Å². The van der Waals surface area contributed by atoms with Crippen LogP contribution in [-0.4, -0.2) is 23.4 Å². The summed E-state index contributed by atoms with van der Waals surface area (Å²) in [7, 11) is 0. The molecule has 110 valence electrons. The molecule has 1 aromatic rings. The van der Waals surface area contributed by atoms with Crippen molar-refractivity contribution in [2.75, 3.05) is 6.54 Å². The highest BCUT2D eigenvalue weighted by Crippen LogP contribution is 2.26. The highest BCUT2D eigenvalue weighted by molar-refractivity contribution is 5.81. The molecule has 0 radical (unpaired) electrons. The summed E-state index contributed by atoms with van der Waals surface area (Å²) in [6.45, 7) is 6.97. The summed E-state index contributed by atoms with van der Waals surface area (Å²) in [5.41, 5.74) is 2.53. The number of amides is 1. The molecule has 0 bridgehead atoms. The fourth-order valence-corrected chi connectivity index (χ4v) is 2.87. The van der Waals surface area contributed by atoms with Crippen LogP contribution in [0.3, 0.4) is 0 Å². The van der Waals surface area contributed by atoms with Gasteiger partial charge in [0.05, 0.1) is 6.54 Å². The van der Waals surface area contributed by atoms with Gasteiger partial charge in [0, 0.05) is 6.04 Å². The van der Waals surface area contributed by atoms with Crippen LogP contribution in [0.15, 0.2) is 24.3 Å². The van der Waals surface area contributed by atoms with Gasteiger partial charge in [-0.25, -0.2) is 0 Å². The van der Waals surface area contributed by atoms with E-state index in [0.29, 0.717) is 12.6 Å². The summed E-state index contributed by atoms with van der Waals surface area (Å²) in [5, 5.41) is 3.34. The van der Waals surface area contributed by atoms with Crippen molar-refractivity contribution >= 4 is 5.91 Å².